The molecule has 5 heteroatoms. The molecule has 0 amide bonds. The predicted octanol–water partition coefficient (Wildman–Crippen LogP) is 2.25. The van der Waals surface area contributed by atoms with E-state index in [0.29, 0.717) is 19.0 Å². The lowest BCUT2D eigenvalue weighted by atomic mass is 10.1. The molecule has 0 bridgehead atoms. The summed E-state index contributed by atoms with van der Waals surface area (Å²) >= 11 is 0. The fourth-order valence-corrected chi connectivity index (χ4v) is 2.11. The molecule has 0 radical (unpaired) electrons. The van der Waals surface area contributed by atoms with E-state index in [4.69, 9.17) is 10.5 Å². The van der Waals surface area contributed by atoms with E-state index in [1.54, 1.807) is 17.8 Å². The summed E-state index contributed by atoms with van der Waals surface area (Å²) in [6.45, 7) is 4.77. The van der Waals surface area contributed by atoms with Gasteiger partial charge in [0.1, 0.15) is 5.82 Å². The van der Waals surface area contributed by atoms with Gasteiger partial charge < -0.3 is 15.0 Å². The Hall–Kier alpha value is -2.30. The second-order valence-corrected chi connectivity index (χ2v) is 4.45. The summed E-state index contributed by atoms with van der Waals surface area (Å²) in [6, 6.07) is 8.16. The number of hydrogen-bond donors (Lipinski definition) is 1. The number of aryl methyl sites for hydroxylation is 1. The van der Waals surface area contributed by atoms with Gasteiger partial charge in [-0.05, 0) is 24.5 Å². The third kappa shape index (κ3) is 2.82. The van der Waals surface area contributed by atoms with Crippen LogP contribution < -0.4 is 5.73 Å². The van der Waals surface area contributed by atoms with E-state index in [-0.39, 0.29) is 5.69 Å². The van der Waals surface area contributed by atoms with E-state index in [2.05, 4.69) is 24.0 Å². The van der Waals surface area contributed by atoms with Gasteiger partial charge in [-0.15, -0.1) is 0 Å². The number of anilines is 1. The Morgan fingerprint density at radius 2 is 2.00 bits per heavy atom. The number of nitrogens with zero attached hydrogens (tertiary/aromatic N) is 2. The highest BCUT2D eigenvalue weighted by molar-refractivity contribution is 5.92. The molecule has 2 N–H and O–H groups in total. The monoisotopic (exact) mass is 273 g/mol. The van der Waals surface area contributed by atoms with Crippen molar-refractivity contribution in [2.45, 2.75) is 26.8 Å². The van der Waals surface area contributed by atoms with Gasteiger partial charge in [0, 0.05) is 0 Å². The first-order valence-corrected chi connectivity index (χ1v) is 6.71. The molecule has 1 aromatic carbocycles. The highest BCUT2D eigenvalue weighted by atomic mass is 16.5. The average Bonchev–Trinajstić information content (AvgIpc) is 2.81. The van der Waals surface area contributed by atoms with Crippen molar-refractivity contribution in [2.75, 3.05) is 12.3 Å². The lowest BCUT2D eigenvalue weighted by Crippen LogP contribution is -2.11. The first-order valence-electron chi connectivity index (χ1n) is 6.71. The van der Waals surface area contributed by atoms with E-state index in [0.717, 1.165) is 6.42 Å². The Labute approximate surface area is 118 Å². The number of esters is 1. The zero-order valence-corrected chi connectivity index (χ0v) is 11.8. The molecule has 0 unspecified atom stereocenters. The van der Waals surface area contributed by atoms with Gasteiger partial charge in [-0.25, -0.2) is 9.78 Å². The first kappa shape index (κ1) is 14.1. The van der Waals surface area contributed by atoms with Crippen molar-refractivity contribution in [3.05, 3.63) is 47.4 Å². The van der Waals surface area contributed by atoms with Crippen molar-refractivity contribution in [3.8, 4) is 0 Å². The van der Waals surface area contributed by atoms with E-state index in [9.17, 15) is 4.79 Å². The molecule has 1 heterocycles. The van der Waals surface area contributed by atoms with Gasteiger partial charge in [0.2, 0.25) is 0 Å². The second kappa shape index (κ2) is 6.23. The number of aromatic nitrogens is 2. The summed E-state index contributed by atoms with van der Waals surface area (Å²) in [6.07, 6.45) is 2.53. The third-order valence-corrected chi connectivity index (χ3v) is 3.19. The molecular weight excluding hydrogens is 254 g/mol. The molecule has 0 spiro atoms. The number of hydrogen-bond acceptors (Lipinski definition) is 4. The standard InChI is InChI=1S/C15H19N3O2/c1-3-11-7-5-6-8-12(11)9-18-10-17-13(14(18)16)15(19)20-4-2/h5-8,10H,3-4,9,16H2,1-2H3. The lowest BCUT2D eigenvalue weighted by molar-refractivity contribution is 0.0521. The minimum Gasteiger partial charge on any atom is -0.461 e. The van der Waals surface area contributed by atoms with Gasteiger partial charge in [0.15, 0.2) is 5.69 Å². The Bertz CT molecular complexity index is 605. The van der Waals surface area contributed by atoms with E-state index in [1.807, 2.05) is 12.1 Å². The van der Waals surface area contributed by atoms with Crippen molar-refractivity contribution in [3.63, 3.8) is 0 Å². The Balaban J connectivity index is 2.24. The molecule has 2 aromatic rings. The van der Waals surface area contributed by atoms with Gasteiger partial charge in [-0.1, -0.05) is 31.2 Å². The van der Waals surface area contributed by atoms with Crippen LogP contribution in [0.15, 0.2) is 30.6 Å². The van der Waals surface area contributed by atoms with Crippen molar-refractivity contribution in [1.82, 2.24) is 9.55 Å². The smallest absolute Gasteiger partial charge is 0.360 e. The van der Waals surface area contributed by atoms with Gasteiger partial charge in [-0.2, -0.15) is 0 Å². The molecule has 0 saturated heterocycles. The molecule has 0 aliphatic heterocycles. The third-order valence-electron chi connectivity index (χ3n) is 3.19. The van der Waals surface area contributed by atoms with E-state index < -0.39 is 5.97 Å². The Morgan fingerprint density at radius 1 is 1.30 bits per heavy atom. The zero-order valence-electron chi connectivity index (χ0n) is 11.8. The minimum atomic E-state index is -0.479. The van der Waals surface area contributed by atoms with E-state index >= 15 is 0 Å². The molecule has 5 nitrogen and oxygen atoms in total. The molecular formula is C15H19N3O2. The maximum atomic E-state index is 11.7. The van der Waals surface area contributed by atoms with Crippen molar-refractivity contribution in [2.24, 2.45) is 0 Å². The van der Waals surface area contributed by atoms with E-state index in [1.165, 1.54) is 11.1 Å². The molecule has 0 saturated carbocycles. The van der Waals surface area contributed by atoms with Gasteiger partial charge in [0.25, 0.3) is 0 Å². The summed E-state index contributed by atoms with van der Waals surface area (Å²) in [5, 5.41) is 0. The highest BCUT2D eigenvalue weighted by Crippen LogP contribution is 2.16. The number of imidazole rings is 1. The normalized spacial score (nSPS) is 10.5. The zero-order chi connectivity index (χ0) is 14.5. The van der Waals surface area contributed by atoms with Crippen LogP contribution in [0.2, 0.25) is 0 Å². The quantitative estimate of drug-likeness (QED) is 0.848. The first-order chi connectivity index (χ1) is 9.67. The topological polar surface area (TPSA) is 70.1 Å². The SMILES string of the molecule is CCOC(=O)c1ncn(Cc2ccccc2CC)c1N. The van der Waals surface area contributed by atoms with Crippen molar-refractivity contribution in [1.29, 1.82) is 0 Å². The fraction of sp³-hybridized carbons (Fsp3) is 0.333. The fourth-order valence-electron chi connectivity index (χ4n) is 2.11. The van der Waals surface area contributed by atoms with Crippen LogP contribution in [0.25, 0.3) is 0 Å². The Kier molecular flexibility index (Phi) is 4.40. The second-order valence-electron chi connectivity index (χ2n) is 4.45. The van der Waals surface area contributed by atoms with Crippen LogP contribution in [-0.2, 0) is 17.7 Å². The van der Waals surface area contributed by atoms with Crippen LogP contribution in [0.1, 0.15) is 35.5 Å². The number of nitrogen functional groups attached to an aromatic ring is 1. The van der Waals surface area contributed by atoms with Crippen molar-refractivity contribution >= 4 is 11.8 Å². The van der Waals surface area contributed by atoms with Crippen LogP contribution in [-0.4, -0.2) is 22.1 Å². The predicted molar refractivity (Wildman–Crippen MR) is 77.5 cm³/mol. The molecule has 2 rings (SSSR count). The molecule has 0 fully saturated rings. The highest BCUT2D eigenvalue weighted by Gasteiger charge is 2.17. The molecule has 0 aliphatic carbocycles. The van der Waals surface area contributed by atoms with Gasteiger partial charge in [-0.3, -0.25) is 0 Å². The number of ether oxygens (including phenoxy) is 1. The summed E-state index contributed by atoms with van der Waals surface area (Å²) in [5.74, 6) is -0.137. The lowest BCUT2D eigenvalue weighted by Gasteiger charge is -2.10. The summed E-state index contributed by atoms with van der Waals surface area (Å²) in [7, 11) is 0. The van der Waals surface area contributed by atoms with Crippen LogP contribution in [0.5, 0.6) is 0 Å². The van der Waals surface area contributed by atoms with Crippen LogP contribution in [0, 0.1) is 0 Å². The number of benzene rings is 1. The average molecular weight is 273 g/mol. The molecule has 20 heavy (non-hydrogen) atoms. The molecule has 1 aromatic heterocycles. The molecule has 0 atom stereocenters. The van der Waals surface area contributed by atoms with Crippen molar-refractivity contribution < 1.29 is 9.53 Å². The number of carbonyl (C=O) groups is 1. The Morgan fingerprint density at radius 3 is 2.65 bits per heavy atom. The maximum Gasteiger partial charge on any atom is 0.360 e. The van der Waals surface area contributed by atoms with Crippen LogP contribution >= 0.6 is 0 Å². The van der Waals surface area contributed by atoms with Crippen LogP contribution in [0.4, 0.5) is 5.82 Å². The van der Waals surface area contributed by atoms with Crippen LogP contribution in [0.3, 0.4) is 0 Å². The molecule has 0 aliphatic rings. The summed E-state index contributed by atoms with van der Waals surface area (Å²) in [4.78, 5) is 15.7. The molecule has 106 valence electrons. The summed E-state index contributed by atoms with van der Waals surface area (Å²) in [5.41, 5.74) is 8.59. The largest absolute Gasteiger partial charge is 0.461 e. The number of nitrogens with two attached hydrogens (primary N) is 1. The minimum absolute atomic E-state index is 0.181. The number of rotatable bonds is 5. The number of carbonyl (C=O) groups excluding carboxylic acids is 1. The maximum absolute atomic E-state index is 11.7. The van der Waals surface area contributed by atoms with Gasteiger partial charge in [0.05, 0.1) is 19.5 Å². The van der Waals surface area contributed by atoms with Gasteiger partial charge >= 0.3 is 5.97 Å². The summed E-state index contributed by atoms with van der Waals surface area (Å²) < 4.78 is 6.69.